The molecule has 0 radical (unpaired) electrons. The van der Waals surface area contributed by atoms with Gasteiger partial charge in [0.1, 0.15) is 17.3 Å². The first-order chi connectivity index (χ1) is 9.60. The second kappa shape index (κ2) is 6.52. The fourth-order valence-electron chi connectivity index (χ4n) is 1.58. The second-order valence-electron chi connectivity index (χ2n) is 4.02. The molecule has 0 bridgehead atoms. The maximum absolute atomic E-state index is 13.3. The molecule has 0 atom stereocenters. The number of carbonyl (C=O) groups excluding carboxylic acids is 1. The smallest absolute Gasteiger partial charge is 0.200 e. The number of hydrogen-bond donors (Lipinski definition) is 0. The van der Waals surface area contributed by atoms with Crippen LogP contribution >= 0.6 is 15.9 Å². The molecule has 2 rings (SSSR count). The van der Waals surface area contributed by atoms with Crippen LogP contribution in [0.15, 0.2) is 46.9 Å². The largest absolute Gasteiger partial charge is 0.497 e. The third kappa shape index (κ3) is 3.57. The van der Waals surface area contributed by atoms with Crippen LogP contribution in [0.2, 0.25) is 0 Å². The van der Waals surface area contributed by atoms with Crippen molar-refractivity contribution in [2.24, 2.45) is 0 Å². The molecule has 0 spiro atoms. The topological polar surface area (TPSA) is 35.5 Å². The maximum atomic E-state index is 13.3. The van der Waals surface area contributed by atoms with Crippen LogP contribution in [0.1, 0.15) is 10.4 Å². The average Bonchev–Trinajstić information content (AvgIpc) is 2.48. The monoisotopic (exact) mass is 338 g/mol. The minimum absolute atomic E-state index is 0.145. The number of hydrogen-bond acceptors (Lipinski definition) is 3. The van der Waals surface area contributed by atoms with Crippen LogP contribution in [0, 0.1) is 5.82 Å². The summed E-state index contributed by atoms with van der Waals surface area (Å²) in [6.45, 7) is -0.145. The van der Waals surface area contributed by atoms with Crippen molar-refractivity contribution in [2.75, 3.05) is 13.7 Å². The van der Waals surface area contributed by atoms with E-state index in [0.29, 0.717) is 21.5 Å². The molecule has 0 N–H and O–H groups in total. The minimum atomic E-state index is -0.431. The van der Waals surface area contributed by atoms with Crippen LogP contribution in [0.5, 0.6) is 11.5 Å². The highest BCUT2D eigenvalue weighted by molar-refractivity contribution is 9.10. The molecule has 0 aromatic heterocycles. The van der Waals surface area contributed by atoms with Crippen molar-refractivity contribution < 1.29 is 18.7 Å². The van der Waals surface area contributed by atoms with Gasteiger partial charge in [0, 0.05) is 11.6 Å². The summed E-state index contributed by atoms with van der Waals surface area (Å²) in [6.07, 6.45) is 0. The van der Waals surface area contributed by atoms with E-state index in [9.17, 15) is 9.18 Å². The van der Waals surface area contributed by atoms with Gasteiger partial charge < -0.3 is 9.47 Å². The highest BCUT2D eigenvalue weighted by Gasteiger charge is 2.08. The molecule has 2 aromatic carbocycles. The summed E-state index contributed by atoms with van der Waals surface area (Å²) in [6, 6.07) is 11.1. The van der Waals surface area contributed by atoms with Gasteiger partial charge in [0.2, 0.25) is 0 Å². The molecule has 20 heavy (non-hydrogen) atoms. The molecule has 104 valence electrons. The molecule has 0 amide bonds. The number of Topliss-reactive ketones (excluding diaryl/α,β-unsaturated/α-hetero) is 1. The zero-order chi connectivity index (χ0) is 14.5. The summed E-state index contributed by atoms with van der Waals surface area (Å²) >= 11 is 3.05. The van der Waals surface area contributed by atoms with E-state index in [2.05, 4.69) is 15.9 Å². The van der Waals surface area contributed by atoms with E-state index in [1.165, 1.54) is 12.1 Å². The van der Waals surface area contributed by atoms with Crippen LogP contribution in [0.25, 0.3) is 0 Å². The van der Waals surface area contributed by atoms with Crippen molar-refractivity contribution in [3.8, 4) is 11.5 Å². The van der Waals surface area contributed by atoms with Crippen molar-refractivity contribution in [3.63, 3.8) is 0 Å². The third-order valence-electron chi connectivity index (χ3n) is 2.67. The number of benzene rings is 2. The molecule has 0 unspecified atom stereocenters. The van der Waals surface area contributed by atoms with Gasteiger partial charge in [-0.05, 0) is 52.3 Å². The Labute approximate surface area is 124 Å². The van der Waals surface area contributed by atoms with Crippen LogP contribution in [-0.2, 0) is 0 Å². The van der Waals surface area contributed by atoms with E-state index in [4.69, 9.17) is 9.47 Å². The molecule has 5 heteroatoms. The fourth-order valence-corrected chi connectivity index (χ4v) is 1.82. The van der Waals surface area contributed by atoms with E-state index in [1.807, 2.05) is 0 Å². The lowest BCUT2D eigenvalue weighted by atomic mass is 10.1. The Hall–Kier alpha value is -1.88. The SMILES string of the molecule is COc1ccc(C(=O)COc2ccc(Br)c(F)c2)cc1. The van der Waals surface area contributed by atoms with E-state index < -0.39 is 5.82 Å². The molecule has 0 aliphatic heterocycles. The number of carbonyl (C=O) groups is 1. The molecule has 0 aliphatic rings. The Kier molecular flexibility index (Phi) is 4.74. The summed E-state index contributed by atoms with van der Waals surface area (Å²) < 4.78 is 23.9. The standard InChI is InChI=1S/C15H12BrFO3/c1-19-11-4-2-10(3-5-11)15(18)9-20-12-6-7-13(16)14(17)8-12/h2-8H,9H2,1H3. The van der Waals surface area contributed by atoms with Crippen LogP contribution in [-0.4, -0.2) is 19.5 Å². The zero-order valence-electron chi connectivity index (χ0n) is 10.7. The van der Waals surface area contributed by atoms with E-state index in [1.54, 1.807) is 37.4 Å². The lowest BCUT2D eigenvalue weighted by Gasteiger charge is -2.07. The summed E-state index contributed by atoms with van der Waals surface area (Å²) in [7, 11) is 1.56. The Bertz CT molecular complexity index is 611. The summed E-state index contributed by atoms with van der Waals surface area (Å²) in [4.78, 5) is 11.9. The summed E-state index contributed by atoms with van der Waals surface area (Å²) in [5.41, 5.74) is 0.517. The van der Waals surface area contributed by atoms with Gasteiger partial charge in [-0.2, -0.15) is 0 Å². The first kappa shape index (κ1) is 14.5. The molecule has 0 saturated carbocycles. The molecule has 0 heterocycles. The zero-order valence-corrected chi connectivity index (χ0v) is 12.3. The Balaban J connectivity index is 1.98. The second-order valence-corrected chi connectivity index (χ2v) is 4.87. The van der Waals surface area contributed by atoms with Gasteiger partial charge in [-0.1, -0.05) is 0 Å². The van der Waals surface area contributed by atoms with Gasteiger partial charge in [-0.3, -0.25) is 4.79 Å². The summed E-state index contributed by atoms with van der Waals surface area (Å²) in [5, 5.41) is 0. The molecular weight excluding hydrogens is 327 g/mol. The minimum Gasteiger partial charge on any atom is -0.497 e. The van der Waals surface area contributed by atoms with Crippen molar-refractivity contribution in [2.45, 2.75) is 0 Å². The van der Waals surface area contributed by atoms with E-state index in [0.717, 1.165) is 0 Å². The van der Waals surface area contributed by atoms with Gasteiger partial charge in [0.25, 0.3) is 0 Å². The molecule has 2 aromatic rings. The predicted molar refractivity (Wildman–Crippen MR) is 76.9 cm³/mol. The third-order valence-corrected chi connectivity index (χ3v) is 3.32. The van der Waals surface area contributed by atoms with Gasteiger partial charge in [0.15, 0.2) is 12.4 Å². The Morgan fingerprint density at radius 1 is 1.15 bits per heavy atom. The van der Waals surface area contributed by atoms with Crippen LogP contribution in [0.4, 0.5) is 4.39 Å². The van der Waals surface area contributed by atoms with Gasteiger partial charge in [-0.25, -0.2) is 4.39 Å². The predicted octanol–water partition coefficient (Wildman–Crippen LogP) is 3.86. The van der Waals surface area contributed by atoms with Crippen molar-refractivity contribution >= 4 is 21.7 Å². The van der Waals surface area contributed by atoms with Crippen molar-refractivity contribution in [1.82, 2.24) is 0 Å². The van der Waals surface area contributed by atoms with Crippen molar-refractivity contribution in [3.05, 3.63) is 58.3 Å². The molecule has 3 nitrogen and oxygen atoms in total. The number of ether oxygens (including phenoxy) is 2. The normalized spacial score (nSPS) is 10.2. The number of ketones is 1. The van der Waals surface area contributed by atoms with Crippen LogP contribution in [0.3, 0.4) is 0 Å². The highest BCUT2D eigenvalue weighted by Crippen LogP contribution is 2.21. The number of rotatable bonds is 5. The molecule has 0 aliphatic carbocycles. The van der Waals surface area contributed by atoms with Crippen molar-refractivity contribution in [1.29, 1.82) is 0 Å². The maximum Gasteiger partial charge on any atom is 0.200 e. The Morgan fingerprint density at radius 3 is 2.40 bits per heavy atom. The van der Waals surface area contributed by atoms with E-state index >= 15 is 0 Å². The van der Waals surface area contributed by atoms with E-state index in [-0.39, 0.29) is 12.4 Å². The van der Waals surface area contributed by atoms with Gasteiger partial charge in [0.05, 0.1) is 11.6 Å². The lowest BCUT2D eigenvalue weighted by Crippen LogP contribution is -2.11. The van der Waals surface area contributed by atoms with Gasteiger partial charge >= 0.3 is 0 Å². The van der Waals surface area contributed by atoms with Gasteiger partial charge in [-0.15, -0.1) is 0 Å². The lowest BCUT2D eigenvalue weighted by molar-refractivity contribution is 0.0921. The first-order valence-corrected chi connectivity index (χ1v) is 6.64. The fraction of sp³-hybridized carbons (Fsp3) is 0.133. The summed E-state index contributed by atoms with van der Waals surface area (Å²) in [5.74, 6) is 0.375. The number of methoxy groups -OCH3 is 1. The first-order valence-electron chi connectivity index (χ1n) is 5.85. The Morgan fingerprint density at radius 2 is 1.80 bits per heavy atom. The molecular formula is C15H12BrFO3. The quantitative estimate of drug-likeness (QED) is 0.776. The number of halogens is 2. The average molecular weight is 339 g/mol. The molecule has 0 saturated heterocycles. The van der Waals surface area contributed by atoms with Crippen LogP contribution < -0.4 is 9.47 Å². The highest BCUT2D eigenvalue weighted by atomic mass is 79.9. The molecule has 0 fully saturated rings.